The van der Waals surface area contributed by atoms with Crippen LogP contribution in [0.25, 0.3) is 0 Å². The van der Waals surface area contributed by atoms with Gasteiger partial charge in [0, 0.05) is 5.92 Å². The molecular weight excluding hydrogens is 176 g/mol. The van der Waals surface area contributed by atoms with Crippen molar-refractivity contribution < 1.29 is 9.21 Å². The molecule has 0 amide bonds. The first-order valence-corrected chi connectivity index (χ1v) is 5.37. The Morgan fingerprint density at radius 2 is 2.07 bits per heavy atom. The quantitative estimate of drug-likeness (QED) is 0.672. The highest BCUT2D eigenvalue weighted by atomic mass is 16.3. The van der Waals surface area contributed by atoms with Gasteiger partial charge in [0.15, 0.2) is 5.78 Å². The van der Waals surface area contributed by atoms with Crippen LogP contribution in [0.15, 0.2) is 16.7 Å². The zero-order valence-electron chi connectivity index (χ0n) is 8.58. The molecule has 0 N–H and O–H groups in total. The number of carbonyl (C=O) groups excluding carboxylic acids is 1. The van der Waals surface area contributed by atoms with Crippen LogP contribution >= 0.6 is 0 Å². The fourth-order valence-electron chi connectivity index (χ4n) is 2.17. The Labute approximate surface area is 84.3 Å². The van der Waals surface area contributed by atoms with Crippen molar-refractivity contribution in [3.05, 3.63) is 23.7 Å². The largest absolute Gasteiger partial charge is 0.469 e. The summed E-state index contributed by atoms with van der Waals surface area (Å²) in [6, 6.07) is 1.84. The first-order valence-electron chi connectivity index (χ1n) is 5.37. The van der Waals surface area contributed by atoms with Crippen LogP contribution in [-0.2, 0) is 0 Å². The fraction of sp³-hybridized carbons (Fsp3) is 0.583. The smallest absolute Gasteiger partial charge is 0.169 e. The lowest BCUT2D eigenvalue weighted by molar-refractivity contribution is 0.0889. The number of hydrogen-bond donors (Lipinski definition) is 0. The van der Waals surface area contributed by atoms with Crippen LogP contribution in [0, 0.1) is 12.8 Å². The van der Waals surface area contributed by atoms with Gasteiger partial charge in [0.1, 0.15) is 12.0 Å². The zero-order chi connectivity index (χ0) is 9.97. The zero-order valence-corrected chi connectivity index (χ0v) is 8.58. The number of Topliss-reactive ketones (excluding diaryl/α,β-unsaturated/α-hetero) is 1. The van der Waals surface area contributed by atoms with Crippen molar-refractivity contribution in [1.29, 1.82) is 0 Å². The Hall–Kier alpha value is -1.05. The maximum absolute atomic E-state index is 12.0. The van der Waals surface area contributed by atoms with Crippen molar-refractivity contribution in [1.82, 2.24) is 0 Å². The van der Waals surface area contributed by atoms with Crippen molar-refractivity contribution in [2.24, 2.45) is 5.92 Å². The van der Waals surface area contributed by atoms with Gasteiger partial charge in [0.25, 0.3) is 0 Å². The molecule has 1 heterocycles. The highest BCUT2D eigenvalue weighted by Gasteiger charge is 2.23. The van der Waals surface area contributed by atoms with Crippen LogP contribution in [-0.4, -0.2) is 5.78 Å². The third-order valence-electron chi connectivity index (χ3n) is 2.99. The fourth-order valence-corrected chi connectivity index (χ4v) is 2.17. The van der Waals surface area contributed by atoms with Crippen LogP contribution in [0.1, 0.15) is 48.2 Å². The second kappa shape index (κ2) is 3.99. The van der Waals surface area contributed by atoms with E-state index in [0.29, 0.717) is 0 Å². The van der Waals surface area contributed by atoms with Gasteiger partial charge in [0.05, 0.1) is 5.56 Å². The lowest BCUT2D eigenvalue weighted by atomic mass is 9.84. The second-order valence-corrected chi connectivity index (χ2v) is 4.15. The van der Waals surface area contributed by atoms with E-state index in [1.165, 1.54) is 19.3 Å². The standard InChI is InChI=1S/C12H16O2/c1-9-7-11(8-14-9)12(13)10-5-3-2-4-6-10/h7-8,10H,2-6H2,1H3. The number of aryl methyl sites for hydroxylation is 1. The summed E-state index contributed by atoms with van der Waals surface area (Å²) < 4.78 is 5.16. The van der Waals surface area contributed by atoms with Crippen LogP contribution in [0.3, 0.4) is 0 Å². The number of hydrogen-bond acceptors (Lipinski definition) is 2. The predicted molar refractivity (Wildman–Crippen MR) is 54.4 cm³/mol. The van der Waals surface area contributed by atoms with Crippen molar-refractivity contribution in [3.63, 3.8) is 0 Å². The molecule has 1 saturated carbocycles. The Balaban J connectivity index is 2.07. The molecule has 1 aliphatic carbocycles. The topological polar surface area (TPSA) is 30.2 Å². The Morgan fingerprint density at radius 1 is 1.36 bits per heavy atom. The van der Waals surface area contributed by atoms with E-state index in [2.05, 4.69) is 0 Å². The minimum absolute atomic E-state index is 0.251. The van der Waals surface area contributed by atoms with E-state index in [0.717, 1.165) is 24.2 Å². The summed E-state index contributed by atoms with van der Waals surface area (Å²) in [6.45, 7) is 1.87. The number of rotatable bonds is 2. The molecule has 14 heavy (non-hydrogen) atoms. The molecule has 0 unspecified atom stereocenters. The van der Waals surface area contributed by atoms with E-state index >= 15 is 0 Å². The van der Waals surface area contributed by atoms with E-state index in [9.17, 15) is 4.79 Å². The van der Waals surface area contributed by atoms with E-state index < -0.39 is 0 Å². The van der Waals surface area contributed by atoms with E-state index in [1.54, 1.807) is 6.26 Å². The summed E-state index contributed by atoms with van der Waals surface area (Å²) in [6.07, 6.45) is 7.40. The first-order chi connectivity index (χ1) is 6.77. The van der Waals surface area contributed by atoms with Gasteiger partial charge in [0.2, 0.25) is 0 Å². The van der Waals surface area contributed by atoms with Crippen LogP contribution in [0.5, 0.6) is 0 Å². The summed E-state index contributed by atoms with van der Waals surface area (Å²) in [7, 11) is 0. The third kappa shape index (κ3) is 1.89. The Bertz CT molecular complexity index is 319. The van der Waals surface area contributed by atoms with Crippen molar-refractivity contribution in [2.45, 2.75) is 39.0 Å². The molecule has 2 heteroatoms. The summed E-state index contributed by atoms with van der Waals surface area (Å²) in [5.74, 6) is 1.35. The highest BCUT2D eigenvalue weighted by Crippen LogP contribution is 2.27. The monoisotopic (exact) mass is 192 g/mol. The summed E-state index contributed by atoms with van der Waals surface area (Å²) in [5, 5.41) is 0. The average Bonchev–Trinajstić information content (AvgIpc) is 2.65. The SMILES string of the molecule is Cc1cc(C(=O)C2CCCCC2)co1. The van der Waals surface area contributed by atoms with Gasteiger partial charge in [-0.1, -0.05) is 19.3 Å². The van der Waals surface area contributed by atoms with Gasteiger partial charge in [-0.3, -0.25) is 4.79 Å². The first kappa shape index (κ1) is 9.50. The lowest BCUT2D eigenvalue weighted by Crippen LogP contribution is -2.17. The highest BCUT2D eigenvalue weighted by molar-refractivity contribution is 5.97. The molecule has 1 aromatic heterocycles. The van der Waals surface area contributed by atoms with Gasteiger partial charge in [-0.25, -0.2) is 0 Å². The maximum Gasteiger partial charge on any atom is 0.169 e. The predicted octanol–water partition coefficient (Wildman–Crippen LogP) is 3.35. The van der Waals surface area contributed by atoms with Crippen molar-refractivity contribution >= 4 is 5.78 Å². The van der Waals surface area contributed by atoms with Gasteiger partial charge < -0.3 is 4.42 Å². The third-order valence-corrected chi connectivity index (χ3v) is 2.99. The van der Waals surface area contributed by atoms with Crippen LogP contribution in [0.2, 0.25) is 0 Å². The molecule has 0 saturated heterocycles. The lowest BCUT2D eigenvalue weighted by Gasteiger charge is -2.19. The van der Waals surface area contributed by atoms with Crippen LogP contribution < -0.4 is 0 Å². The normalized spacial score (nSPS) is 18.4. The average molecular weight is 192 g/mol. The van der Waals surface area contributed by atoms with Gasteiger partial charge in [-0.2, -0.15) is 0 Å². The number of ketones is 1. The number of carbonyl (C=O) groups is 1. The molecule has 1 fully saturated rings. The molecule has 1 aromatic rings. The summed E-state index contributed by atoms with van der Waals surface area (Å²) in [5.41, 5.74) is 0.759. The molecular formula is C12H16O2. The van der Waals surface area contributed by atoms with Crippen LogP contribution in [0.4, 0.5) is 0 Å². The molecule has 2 nitrogen and oxygen atoms in total. The minimum Gasteiger partial charge on any atom is -0.469 e. The van der Waals surface area contributed by atoms with E-state index in [4.69, 9.17) is 4.42 Å². The molecule has 0 bridgehead atoms. The van der Waals surface area contributed by atoms with E-state index in [1.807, 2.05) is 13.0 Å². The molecule has 2 rings (SSSR count). The van der Waals surface area contributed by atoms with Crippen molar-refractivity contribution in [2.75, 3.05) is 0 Å². The molecule has 1 aliphatic rings. The molecule has 76 valence electrons. The molecule has 0 atom stereocenters. The van der Waals surface area contributed by atoms with Gasteiger partial charge >= 0.3 is 0 Å². The second-order valence-electron chi connectivity index (χ2n) is 4.15. The number of furan rings is 1. The van der Waals surface area contributed by atoms with E-state index in [-0.39, 0.29) is 11.7 Å². The summed E-state index contributed by atoms with van der Waals surface area (Å²) >= 11 is 0. The minimum atomic E-state index is 0.251. The summed E-state index contributed by atoms with van der Waals surface area (Å²) in [4.78, 5) is 12.0. The molecule has 0 radical (unpaired) electrons. The molecule has 0 aromatic carbocycles. The van der Waals surface area contributed by atoms with Gasteiger partial charge in [-0.05, 0) is 25.8 Å². The Kier molecular flexibility index (Phi) is 2.71. The Morgan fingerprint density at radius 3 is 2.64 bits per heavy atom. The maximum atomic E-state index is 12.0. The molecule has 0 aliphatic heterocycles. The van der Waals surface area contributed by atoms with Gasteiger partial charge in [-0.15, -0.1) is 0 Å². The van der Waals surface area contributed by atoms with Crippen molar-refractivity contribution in [3.8, 4) is 0 Å². The molecule has 0 spiro atoms.